The quantitative estimate of drug-likeness (QED) is 0.814. The van der Waals surface area contributed by atoms with Crippen LogP contribution in [-0.2, 0) is 15.6 Å². The number of nitrogens with zero attached hydrogens (tertiary/aromatic N) is 3. The minimum Gasteiger partial charge on any atom is -0.297 e. The van der Waals surface area contributed by atoms with Crippen LogP contribution in [0.2, 0.25) is 0 Å². The first kappa shape index (κ1) is 15.0. The highest BCUT2D eigenvalue weighted by atomic mass is 35.7. The van der Waals surface area contributed by atoms with E-state index >= 15 is 0 Å². The molecular weight excluding hydrogens is 298 g/mol. The Balaban J connectivity index is 2.59. The second kappa shape index (κ2) is 5.54. The van der Waals surface area contributed by atoms with Crippen LogP contribution in [0.4, 0.5) is 0 Å². The zero-order valence-electron chi connectivity index (χ0n) is 11.5. The van der Waals surface area contributed by atoms with Crippen LogP contribution in [0.25, 0.3) is 11.4 Å². The van der Waals surface area contributed by atoms with E-state index in [0.29, 0.717) is 12.4 Å². The molecule has 1 aromatic heterocycles. The van der Waals surface area contributed by atoms with Crippen LogP contribution in [0.15, 0.2) is 29.4 Å². The molecule has 108 valence electrons. The number of hydrogen-bond donors (Lipinski definition) is 0. The molecular formula is C13H16ClN3O2S. The Labute approximate surface area is 123 Å². The van der Waals surface area contributed by atoms with Gasteiger partial charge in [-0.3, -0.25) is 4.57 Å². The lowest BCUT2D eigenvalue weighted by molar-refractivity contribution is 0.488. The highest BCUT2D eigenvalue weighted by molar-refractivity contribution is 8.13. The van der Waals surface area contributed by atoms with Gasteiger partial charge >= 0.3 is 0 Å². The summed E-state index contributed by atoms with van der Waals surface area (Å²) in [4.78, 5) is 0. The largest absolute Gasteiger partial charge is 0.297 e. The minimum absolute atomic E-state index is 0.205. The second-order valence-electron chi connectivity index (χ2n) is 5.11. The Morgan fingerprint density at radius 3 is 2.30 bits per heavy atom. The topological polar surface area (TPSA) is 64.8 Å². The first-order chi connectivity index (χ1) is 9.29. The summed E-state index contributed by atoms with van der Waals surface area (Å²) in [5, 5.41) is 7.51. The van der Waals surface area contributed by atoms with Crippen molar-refractivity contribution in [2.24, 2.45) is 5.92 Å². The maximum atomic E-state index is 11.6. The highest BCUT2D eigenvalue weighted by Crippen LogP contribution is 2.23. The van der Waals surface area contributed by atoms with Gasteiger partial charge in [-0.05, 0) is 12.8 Å². The summed E-state index contributed by atoms with van der Waals surface area (Å²) in [6.07, 6.45) is 0. The first-order valence-electron chi connectivity index (χ1n) is 6.24. The monoisotopic (exact) mass is 313 g/mol. The fourth-order valence-corrected chi connectivity index (χ4v) is 2.82. The molecule has 0 aliphatic heterocycles. The molecule has 0 N–H and O–H groups in total. The Morgan fingerprint density at radius 1 is 1.20 bits per heavy atom. The smallest absolute Gasteiger partial charge is 0.296 e. The molecule has 2 aromatic rings. The molecule has 20 heavy (non-hydrogen) atoms. The molecule has 0 atom stereocenters. The molecule has 2 rings (SSSR count). The summed E-state index contributed by atoms with van der Waals surface area (Å²) in [6.45, 7) is 6.45. The molecule has 1 heterocycles. The van der Waals surface area contributed by atoms with Crippen LogP contribution in [0.1, 0.15) is 19.4 Å². The third-order valence-corrected chi connectivity index (χ3v) is 3.94. The van der Waals surface area contributed by atoms with Crippen molar-refractivity contribution in [2.45, 2.75) is 32.5 Å². The lowest BCUT2D eigenvalue weighted by Crippen LogP contribution is -2.11. The fourth-order valence-electron chi connectivity index (χ4n) is 1.91. The molecule has 0 saturated carbocycles. The van der Waals surface area contributed by atoms with Gasteiger partial charge in [-0.1, -0.05) is 43.7 Å². The maximum absolute atomic E-state index is 11.6. The molecule has 5 nitrogen and oxygen atoms in total. The van der Waals surface area contributed by atoms with E-state index in [0.717, 1.165) is 11.1 Å². The normalized spacial score (nSPS) is 12.1. The van der Waals surface area contributed by atoms with Gasteiger partial charge in [0.25, 0.3) is 14.2 Å². The number of halogens is 1. The van der Waals surface area contributed by atoms with Crippen LogP contribution in [0.3, 0.4) is 0 Å². The fraction of sp³-hybridized carbons (Fsp3) is 0.385. The SMILES string of the molecule is Cc1ccc(-c2nnc(S(=O)(=O)Cl)n2CC(C)C)cc1. The number of aromatic nitrogens is 3. The van der Waals surface area contributed by atoms with Crippen LogP contribution in [-0.4, -0.2) is 23.2 Å². The van der Waals surface area contributed by atoms with E-state index in [4.69, 9.17) is 10.7 Å². The third-order valence-electron chi connectivity index (χ3n) is 2.79. The van der Waals surface area contributed by atoms with Crippen molar-refractivity contribution in [2.75, 3.05) is 0 Å². The van der Waals surface area contributed by atoms with Crippen molar-refractivity contribution in [3.05, 3.63) is 29.8 Å². The van der Waals surface area contributed by atoms with Gasteiger partial charge in [0.05, 0.1) is 0 Å². The van der Waals surface area contributed by atoms with E-state index in [1.54, 1.807) is 4.57 Å². The summed E-state index contributed by atoms with van der Waals surface area (Å²) in [7, 11) is 1.51. The van der Waals surface area contributed by atoms with Gasteiger partial charge in [-0.25, -0.2) is 8.42 Å². The Bertz CT molecular complexity index is 706. The molecule has 0 fully saturated rings. The maximum Gasteiger partial charge on any atom is 0.296 e. The van der Waals surface area contributed by atoms with E-state index in [1.807, 2.05) is 45.0 Å². The average molecular weight is 314 g/mol. The van der Waals surface area contributed by atoms with E-state index in [-0.39, 0.29) is 11.1 Å². The molecule has 0 saturated heterocycles. The van der Waals surface area contributed by atoms with Crippen molar-refractivity contribution in [3.8, 4) is 11.4 Å². The van der Waals surface area contributed by atoms with Gasteiger partial charge in [0.1, 0.15) is 0 Å². The van der Waals surface area contributed by atoms with Gasteiger partial charge in [0.2, 0.25) is 0 Å². The summed E-state index contributed by atoms with van der Waals surface area (Å²) < 4.78 is 24.7. The molecule has 0 amide bonds. The van der Waals surface area contributed by atoms with Crippen LogP contribution in [0.5, 0.6) is 0 Å². The number of benzene rings is 1. The number of aryl methyl sites for hydroxylation is 1. The lowest BCUT2D eigenvalue weighted by atomic mass is 10.1. The minimum atomic E-state index is -3.91. The first-order valence-corrected chi connectivity index (χ1v) is 8.55. The van der Waals surface area contributed by atoms with Crippen molar-refractivity contribution in [1.29, 1.82) is 0 Å². The van der Waals surface area contributed by atoms with E-state index < -0.39 is 9.05 Å². The van der Waals surface area contributed by atoms with Gasteiger partial charge in [0.15, 0.2) is 5.82 Å². The Hall–Kier alpha value is -1.40. The van der Waals surface area contributed by atoms with Gasteiger partial charge < -0.3 is 0 Å². The van der Waals surface area contributed by atoms with E-state index in [2.05, 4.69) is 10.2 Å². The molecule has 0 aliphatic rings. The molecule has 1 aromatic carbocycles. The Morgan fingerprint density at radius 2 is 1.80 bits per heavy atom. The predicted octanol–water partition coefficient (Wildman–Crippen LogP) is 2.84. The van der Waals surface area contributed by atoms with Gasteiger partial charge in [0, 0.05) is 22.8 Å². The van der Waals surface area contributed by atoms with Crippen LogP contribution in [0, 0.1) is 12.8 Å². The standard InChI is InChI=1S/C13H16ClN3O2S/c1-9(2)8-17-12(11-6-4-10(3)5-7-11)15-16-13(17)20(14,18)19/h4-7,9H,8H2,1-3H3. The predicted molar refractivity (Wildman–Crippen MR) is 78.1 cm³/mol. The van der Waals surface area contributed by atoms with Crippen molar-refractivity contribution < 1.29 is 8.42 Å². The summed E-state index contributed by atoms with van der Waals surface area (Å²) in [5.41, 5.74) is 1.93. The van der Waals surface area contributed by atoms with Crippen molar-refractivity contribution in [1.82, 2.24) is 14.8 Å². The van der Waals surface area contributed by atoms with Gasteiger partial charge in [-0.15, -0.1) is 10.2 Å². The third kappa shape index (κ3) is 3.19. The second-order valence-corrected chi connectivity index (χ2v) is 7.57. The lowest BCUT2D eigenvalue weighted by Gasteiger charge is -2.11. The molecule has 7 heteroatoms. The molecule has 0 unspecified atom stereocenters. The number of hydrogen-bond acceptors (Lipinski definition) is 4. The molecule has 0 aliphatic carbocycles. The highest BCUT2D eigenvalue weighted by Gasteiger charge is 2.23. The number of rotatable bonds is 4. The zero-order valence-corrected chi connectivity index (χ0v) is 13.1. The molecule has 0 radical (unpaired) electrons. The summed E-state index contributed by atoms with van der Waals surface area (Å²) in [5.74, 6) is 0.755. The van der Waals surface area contributed by atoms with Crippen molar-refractivity contribution >= 4 is 19.7 Å². The van der Waals surface area contributed by atoms with Crippen molar-refractivity contribution in [3.63, 3.8) is 0 Å². The van der Waals surface area contributed by atoms with E-state index in [9.17, 15) is 8.42 Å². The summed E-state index contributed by atoms with van der Waals surface area (Å²) in [6, 6.07) is 7.67. The van der Waals surface area contributed by atoms with Gasteiger partial charge in [-0.2, -0.15) is 0 Å². The Kier molecular flexibility index (Phi) is 4.15. The summed E-state index contributed by atoms with van der Waals surface area (Å²) >= 11 is 0. The molecule has 0 spiro atoms. The van der Waals surface area contributed by atoms with Crippen LogP contribution >= 0.6 is 10.7 Å². The zero-order chi connectivity index (χ0) is 14.9. The molecule has 0 bridgehead atoms. The van der Waals surface area contributed by atoms with Crippen LogP contribution < -0.4 is 0 Å². The average Bonchev–Trinajstić information content (AvgIpc) is 2.72. The van der Waals surface area contributed by atoms with E-state index in [1.165, 1.54) is 0 Å².